The van der Waals surface area contributed by atoms with Gasteiger partial charge in [-0.2, -0.15) is 0 Å². The smallest absolute Gasteiger partial charge is 0.339 e. The summed E-state index contributed by atoms with van der Waals surface area (Å²) in [6.45, 7) is 0.207. The summed E-state index contributed by atoms with van der Waals surface area (Å²) in [5.74, 6) is -0.596. The van der Waals surface area contributed by atoms with Crippen LogP contribution in [0.4, 0.5) is 0 Å². The maximum absolute atomic E-state index is 11.3. The molecule has 2 rings (SSSR count). The second-order valence-electron chi connectivity index (χ2n) is 4.33. The number of rotatable bonds is 6. The molecular formula is C16H14BrNO4. The molecule has 0 spiro atoms. The van der Waals surface area contributed by atoms with Crippen LogP contribution in [0.3, 0.4) is 0 Å². The Bertz CT molecular complexity index is 683. The van der Waals surface area contributed by atoms with Gasteiger partial charge in [-0.15, -0.1) is 0 Å². The molecule has 1 heterocycles. The Morgan fingerprint density at radius 3 is 2.73 bits per heavy atom. The highest BCUT2D eigenvalue weighted by Crippen LogP contribution is 2.21. The molecule has 22 heavy (non-hydrogen) atoms. The molecule has 0 aliphatic rings. The Morgan fingerprint density at radius 2 is 2.09 bits per heavy atom. The van der Waals surface area contributed by atoms with Crippen molar-refractivity contribution in [1.29, 1.82) is 0 Å². The Kier molecular flexibility index (Phi) is 5.55. The third-order valence-corrected chi connectivity index (χ3v) is 3.32. The molecule has 5 nitrogen and oxygen atoms in total. The van der Waals surface area contributed by atoms with E-state index in [-0.39, 0.29) is 12.2 Å². The third-order valence-electron chi connectivity index (χ3n) is 2.85. The van der Waals surface area contributed by atoms with Crippen LogP contribution in [0.15, 0.2) is 53.3 Å². The van der Waals surface area contributed by atoms with Gasteiger partial charge in [0.2, 0.25) is 5.88 Å². The monoisotopic (exact) mass is 363 g/mol. The highest BCUT2D eigenvalue weighted by molar-refractivity contribution is 9.10. The molecule has 1 N–H and O–H groups in total. The lowest BCUT2D eigenvalue weighted by atomic mass is 10.0. The quantitative estimate of drug-likeness (QED) is 0.628. The van der Waals surface area contributed by atoms with E-state index < -0.39 is 5.97 Å². The molecule has 0 aliphatic heterocycles. The first-order chi connectivity index (χ1) is 10.6. The Balaban J connectivity index is 2.23. The number of hydrogen-bond acceptors (Lipinski definition) is 4. The van der Waals surface area contributed by atoms with E-state index in [1.54, 1.807) is 30.5 Å². The van der Waals surface area contributed by atoms with Crippen molar-refractivity contribution in [2.24, 2.45) is 0 Å². The lowest BCUT2D eigenvalue weighted by molar-refractivity contribution is -0.130. The summed E-state index contributed by atoms with van der Waals surface area (Å²) in [5.41, 5.74) is 1.36. The minimum absolute atomic E-state index is 0.0745. The molecular weight excluding hydrogens is 350 g/mol. The molecule has 0 saturated carbocycles. The first-order valence-electron chi connectivity index (χ1n) is 6.40. The highest BCUT2D eigenvalue weighted by Gasteiger charge is 2.15. The SMILES string of the molecule is CO/C=C(/C(=O)O)c1ccccc1COc1ccc(Br)cn1. The number of benzene rings is 1. The van der Waals surface area contributed by atoms with Crippen LogP contribution in [0.2, 0.25) is 0 Å². The van der Waals surface area contributed by atoms with Gasteiger partial charge < -0.3 is 14.6 Å². The van der Waals surface area contributed by atoms with E-state index in [0.717, 1.165) is 10.0 Å². The summed E-state index contributed by atoms with van der Waals surface area (Å²) in [6.07, 6.45) is 2.84. The zero-order chi connectivity index (χ0) is 15.9. The van der Waals surface area contributed by atoms with E-state index >= 15 is 0 Å². The van der Waals surface area contributed by atoms with Crippen LogP contribution >= 0.6 is 15.9 Å². The van der Waals surface area contributed by atoms with Crippen molar-refractivity contribution in [1.82, 2.24) is 4.98 Å². The standard InChI is InChI=1S/C16H14BrNO4/c1-21-10-14(16(19)20)13-5-3-2-4-11(13)9-22-15-7-6-12(17)8-18-15/h2-8,10H,9H2,1H3,(H,19,20)/b14-10+. The normalized spacial score (nSPS) is 11.1. The molecule has 0 saturated heterocycles. The zero-order valence-electron chi connectivity index (χ0n) is 11.8. The Labute approximate surface area is 136 Å². The maximum atomic E-state index is 11.3. The maximum Gasteiger partial charge on any atom is 0.339 e. The van der Waals surface area contributed by atoms with Gasteiger partial charge in [0.1, 0.15) is 12.2 Å². The third kappa shape index (κ3) is 4.08. The van der Waals surface area contributed by atoms with Gasteiger partial charge in [-0.05, 0) is 33.1 Å². The van der Waals surface area contributed by atoms with Crippen molar-refractivity contribution >= 4 is 27.5 Å². The van der Waals surface area contributed by atoms with Crippen LogP contribution in [-0.4, -0.2) is 23.2 Å². The number of nitrogens with zero attached hydrogens (tertiary/aromatic N) is 1. The fraction of sp³-hybridized carbons (Fsp3) is 0.125. The number of hydrogen-bond donors (Lipinski definition) is 1. The van der Waals surface area contributed by atoms with Crippen molar-refractivity contribution < 1.29 is 19.4 Å². The van der Waals surface area contributed by atoms with E-state index in [2.05, 4.69) is 20.9 Å². The predicted octanol–water partition coefficient (Wildman–Crippen LogP) is 3.50. The Morgan fingerprint density at radius 1 is 1.32 bits per heavy atom. The lowest BCUT2D eigenvalue weighted by Gasteiger charge is -2.11. The van der Waals surface area contributed by atoms with Crippen molar-refractivity contribution in [3.8, 4) is 5.88 Å². The molecule has 114 valence electrons. The fourth-order valence-electron chi connectivity index (χ4n) is 1.86. The van der Waals surface area contributed by atoms with Gasteiger partial charge in [0.25, 0.3) is 0 Å². The van der Waals surface area contributed by atoms with Crippen molar-refractivity contribution in [3.63, 3.8) is 0 Å². The highest BCUT2D eigenvalue weighted by atomic mass is 79.9. The summed E-state index contributed by atoms with van der Waals surface area (Å²) in [6, 6.07) is 10.7. The van der Waals surface area contributed by atoms with Crippen LogP contribution in [0.25, 0.3) is 5.57 Å². The van der Waals surface area contributed by atoms with Gasteiger partial charge in [-0.1, -0.05) is 24.3 Å². The molecule has 2 aromatic rings. The number of carboxylic acids is 1. The molecule has 0 bridgehead atoms. The van der Waals surface area contributed by atoms with Crippen LogP contribution in [0, 0.1) is 0 Å². The first-order valence-corrected chi connectivity index (χ1v) is 7.20. The van der Waals surface area contributed by atoms with E-state index in [1.165, 1.54) is 13.4 Å². The van der Waals surface area contributed by atoms with E-state index in [0.29, 0.717) is 11.4 Å². The topological polar surface area (TPSA) is 68.7 Å². The number of carboxylic acid groups (broad SMARTS) is 1. The van der Waals surface area contributed by atoms with E-state index in [9.17, 15) is 9.90 Å². The number of halogens is 1. The molecule has 0 atom stereocenters. The number of carbonyl (C=O) groups is 1. The van der Waals surface area contributed by atoms with Gasteiger partial charge >= 0.3 is 5.97 Å². The number of ether oxygens (including phenoxy) is 2. The summed E-state index contributed by atoms with van der Waals surface area (Å²) >= 11 is 3.30. The molecule has 0 amide bonds. The van der Waals surface area contributed by atoms with Crippen molar-refractivity contribution in [2.75, 3.05) is 7.11 Å². The van der Waals surface area contributed by atoms with Crippen LogP contribution < -0.4 is 4.74 Å². The Hall–Kier alpha value is -2.34. The largest absolute Gasteiger partial charge is 0.503 e. The van der Waals surface area contributed by atoms with Gasteiger partial charge in [0.05, 0.1) is 13.4 Å². The minimum Gasteiger partial charge on any atom is -0.503 e. The second kappa shape index (κ2) is 7.61. The molecule has 6 heteroatoms. The number of pyridine rings is 1. The average Bonchev–Trinajstić information content (AvgIpc) is 2.52. The summed E-state index contributed by atoms with van der Waals surface area (Å²) < 4.78 is 11.3. The van der Waals surface area contributed by atoms with Crippen LogP contribution in [0.5, 0.6) is 5.88 Å². The molecule has 0 radical (unpaired) electrons. The van der Waals surface area contributed by atoms with Crippen LogP contribution in [-0.2, 0) is 16.1 Å². The molecule has 1 aromatic heterocycles. The summed E-state index contributed by atoms with van der Waals surface area (Å²) in [7, 11) is 1.41. The van der Waals surface area contributed by atoms with Crippen molar-refractivity contribution in [3.05, 3.63) is 64.5 Å². The van der Waals surface area contributed by atoms with Gasteiger partial charge in [0.15, 0.2) is 0 Å². The zero-order valence-corrected chi connectivity index (χ0v) is 13.4. The van der Waals surface area contributed by atoms with E-state index in [1.807, 2.05) is 12.1 Å². The molecule has 0 fully saturated rings. The second-order valence-corrected chi connectivity index (χ2v) is 5.25. The number of methoxy groups -OCH3 is 1. The van der Waals surface area contributed by atoms with Gasteiger partial charge in [0, 0.05) is 16.7 Å². The molecule has 0 aliphatic carbocycles. The first kappa shape index (κ1) is 16.0. The summed E-state index contributed by atoms with van der Waals surface area (Å²) in [4.78, 5) is 15.5. The van der Waals surface area contributed by atoms with E-state index in [4.69, 9.17) is 9.47 Å². The predicted molar refractivity (Wildman–Crippen MR) is 85.3 cm³/mol. The summed E-state index contributed by atoms with van der Waals surface area (Å²) in [5, 5.41) is 9.29. The number of aliphatic carboxylic acids is 1. The minimum atomic E-state index is -1.06. The lowest BCUT2D eigenvalue weighted by Crippen LogP contribution is -2.06. The molecule has 0 unspecified atom stereocenters. The van der Waals surface area contributed by atoms with Crippen LogP contribution in [0.1, 0.15) is 11.1 Å². The van der Waals surface area contributed by atoms with Crippen molar-refractivity contribution in [2.45, 2.75) is 6.61 Å². The molecule has 1 aromatic carbocycles. The average molecular weight is 364 g/mol. The van der Waals surface area contributed by atoms with Gasteiger partial charge in [-0.25, -0.2) is 9.78 Å². The fourth-order valence-corrected chi connectivity index (χ4v) is 2.09. The van der Waals surface area contributed by atoms with Gasteiger partial charge in [-0.3, -0.25) is 0 Å². The number of aromatic nitrogens is 1.